The molecule has 0 atom stereocenters. The van der Waals surface area contributed by atoms with Gasteiger partial charge in [0.1, 0.15) is 0 Å². The first-order valence-electron chi connectivity index (χ1n) is 7.38. The number of anilines is 1. The quantitative estimate of drug-likeness (QED) is 0.557. The van der Waals surface area contributed by atoms with Crippen molar-refractivity contribution in [1.82, 2.24) is 4.98 Å². The zero-order valence-electron chi connectivity index (χ0n) is 12.5. The Kier molecular flexibility index (Phi) is 2.91. The van der Waals surface area contributed by atoms with E-state index < -0.39 is 0 Å². The van der Waals surface area contributed by atoms with Crippen LogP contribution in [0.1, 0.15) is 28.5 Å². The molecule has 0 spiro atoms. The van der Waals surface area contributed by atoms with Crippen LogP contribution < -0.4 is 5.32 Å². The summed E-state index contributed by atoms with van der Waals surface area (Å²) in [6.45, 7) is 1.52. The Morgan fingerprint density at radius 1 is 1.09 bits per heavy atom. The van der Waals surface area contributed by atoms with Crippen LogP contribution in [0.4, 0.5) is 5.69 Å². The van der Waals surface area contributed by atoms with Crippen LogP contribution in [0.3, 0.4) is 0 Å². The molecule has 2 aromatic carbocycles. The number of H-pyrrole nitrogens is 1. The number of hydrogen-bond donors (Lipinski definition) is 2. The van der Waals surface area contributed by atoms with E-state index in [0.29, 0.717) is 11.1 Å². The molecule has 2 heterocycles. The van der Waals surface area contributed by atoms with Gasteiger partial charge < -0.3 is 10.3 Å². The average molecular weight is 302 g/mol. The van der Waals surface area contributed by atoms with Gasteiger partial charge in [-0.25, -0.2) is 0 Å². The normalized spacial score (nSPS) is 15.0. The number of nitrogens with one attached hydrogen (secondary N) is 2. The lowest BCUT2D eigenvalue weighted by Crippen LogP contribution is -2.03. The van der Waals surface area contributed by atoms with Crippen molar-refractivity contribution in [2.45, 2.75) is 6.92 Å². The molecule has 0 saturated heterocycles. The van der Waals surface area contributed by atoms with Gasteiger partial charge in [-0.15, -0.1) is 0 Å². The second-order valence-corrected chi connectivity index (χ2v) is 5.64. The van der Waals surface area contributed by atoms with Crippen LogP contribution in [0.5, 0.6) is 0 Å². The van der Waals surface area contributed by atoms with Crippen molar-refractivity contribution in [2.24, 2.45) is 0 Å². The van der Waals surface area contributed by atoms with E-state index in [0.717, 1.165) is 27.8 Å². The standard InChI is InChI=1S/C19H14N2O2/c1-11(22)12-6-7-18-15(9-12)16(19(23)21-18)10-14-8-13-4-2-3-5-17(13)20-14/h2-10,20H,1H3,(H,21,23). The average Bonchev–Trinajstić information content (AvgIpc) is 3.08. The topological polar surface area (TPSA) is 62.0 Å². The molecule has 4 rings (SSSR count). The van der Waals surface area contributed by atoms with Gasteiger partial charge in [-0.1, -0.05) is 18.2 Å². The molecular weight excluding hydrogens is 288 g/mol. The predicted molar refractivity (Wildman–Crippen MR) is 91.2 cm³/mol. The van der Waals surface area contributed by atoms with Gasteiger partial charge in [0.25, 0.3) is 5.91 Å². The molecule has 2 N–H and O–H groups in total. The third kappa shape index (κ3) is 2.25. The molecule has 0 fully saturated rings. The fourth-order valence-electron chi connectivity index (χ4n) is 2.88. The van der Waals surface area contributed by atoms with Crippen LogP contribution in [0.25, 0.3) is 22.6 Å². The first kappa shape index (κ1) is 13.5. The zero-order chi connectivity index (χ0) is 16.0. The summed E-state index contributed by atoms with van der Waals surface area (Å²) in [7, 11) is 0. The molecule has 112 valence electrons. The first-order valence-corrected chi connectivity index (χ1v) is 7.38. The van der Waals surface area contributed by atoms with E-state index in [1.807, 2.05) is 36.4 Å². The maximum Gasteiger partial charge on any atom is 0.256 e. The van der Waals surface area contributed by atoms with E-state index in [4.69, 9.17) is 0 Å². The van der Waals surface area contributed by atoms with Gasteiger partial charge in [0.05, 0.1) is 5.57 Å². The zero-order valence-corrected chi connectivity index (χ0v) is 12.5. The SMILES string of the molecule is CC(=O)c1ccc2c(c1)C(=Cc1cc3ccccc3[nH]1)C(=O)N2. The monoisotopic (exact) mass is 302 g/mol. The summed E-state index contributed by atoms with van der Waals surface area (Å²) in [4.78, 5) is 27.1. The minimum Gasteiger partial charge on any atom is -0.355 e. The van der Waals surface area contributed by atoms with Gasteiger partial charge in [0.2, 0.25) is 0 Å². The summed E-state index contributed by atoms with van der Waals surface area (Å²) in [6, 6.07) is 15.2. The van der Waals surface area contributed by atoms with E-state index in [1.165, 1.54) is 6.92 Å². The largest absolute Gasteiger partial charge is 0.355 e. The van der Waals surface area contributed by atoms with Crippen molar-refractivity contribution in [1.29, 1.82) is 0 Å². The number of amides is 1. The van der Waals surface area contributed by atoms with Crippen LogP contribution >= 0.6 is 0 Å². The van der Waals surface area contributed by atoms with Crippen molar-refractivity contribution >= 4 is 39.9 Å². The highest BCUT2D eigenvalue weighted by Crippen LogP contribution is 2.34. The highest BCUT2D eigenvalue weighted by Gasteiger charge is 2.25. The maximum absolute atomic E-state index is 12.3. The van der Waals surface area contributed by atoms with Gasteiger partial charge in [-0.05, 0) is 48.7 Å². The summed E-state index contributed by atoms with van der Waals surface area (Å²) in [6.07, 6.45) is 1.82. The van der Waals surface area contributed by atoms with Crippen LogP contribution in [0, 0.1) is 0 Å². The van der Waals surface area contributed by atoms with Crippen molar-refractivity contribution in [3.63, 3.8) is 0 Å². The molecule has 4 heteroatoms. The molecule has 0 aliphatic carbocycles. The fourth-order valence-corrected chi connectivity index (χ4v) is 2.88. The summed E-state index contributed by atoms with van der Waals surface area (Å²) in [5.41, 5.74) is 4.55. The smallest absolute Gasteiger partial charge is 0.256 e. The van der Waals surface area contributed by atoms with Crippen LogP contribution in [0.2, 0.25) is 0 Å². The lowest BCUT2D eigenvalue weighted by atomic mass is 10.0. The van der Waals surface area contributed by atoms with Gasteiger partial charge >= 0.3 is 0 Å². The van der Waals surface area contributed by atoms with Gasteiger partial charge in [-0.3, -0.25) is 9.59 Å². The lowest BCUT2D eigenvalue weighted by molar-refractivity contribution is -0.110. The van der Waals surface area contributed by atoms with Gasteiger partial charge in [0, 0.05) is 28.0 Å². The van der Waals surface area contributed by atoms with E-state index >= 15 is 0 Å². The minimum atomic E-state index is -0.153. The Labute approximate surface area is 132 Å². The number of aromatic amines is 1. The van der Waals surface area contributed by atoms with E-state index in [-0.39, 0.29) is 11.7 Å². The van der Waals surface area contributed by atoms with Crippen LogP contribution in [0.15, 0.2) is 48.5 Å². The third-order valence-electron chi connectivity index (χ3n) is 4.06. The van der Waals surface area contributed by atoms with Crippen molar-refractivity contribution in [2.75, 3.05) is 5.32 Å². The van der Waals surface area contributed by atoms with Gasteiger partial charge in [-0.2, -0.15) is 0 Å². The van der Waals surface area contributed by atoms with Crippen molar-refractivity contribution < 1.29 is 9.59 Å². The molecule has 0 radical (unpaired) electrons. The number of aromatic nitrogens is 1. The fraction of sp³-hybridized carbons (Fsp3) is 0.0526. The molecule has 1 aliphatic heterocycles. The molecule has 1 amide bonds. The van der Waals surface area contributed by atoms with Crippen LogP contribution in [-0.4, -0.2) is 16.7 Å². The highest BCUT2D eigenvalue weighted by molar-refractivity contribution is 6.35. The van der Waals surface area contributed by atoms with Gasteiger partial charge in [0.15, 0.2) is 5.78 Å². The molecular formula is C19H14N2O2. The molecule has 23 heavy (non-hydrogen) atoms. The Balaban J connectivity index is 1.84. The number of fused-ring (bicyclic) bond motifs is 2. The Morgan fingerprint density at radius 2 is 1.91 bits per heavy atom. The molecule has 0 unspecified atom stereocenters. The number of rotatable bonds is 2. The first-order chi connectivity index (χ1) is 11.1. The maximum atomic E-state index is 12.3. The van der Waals surface area contributed by atoms with Crippen molar-refractivity contribution in [3.8, 4) is 0 Å². The molecule has 3 aromatic rings. The number of ketones is 1. The molecule has 1 aromatic heterocycles. The second kappa shape index (κ2) is 4.95. The number of carbonyl (C=O) groups is 2. The summed E-state index contributed by atoms with van der Waals surface area (Å²) >= 11 is 0. The predicted octanol–water partition coefficient (Wildman–Crippen LogP) is 3.86. The Morgan fingerprint density at radius 3 is 2.70 bits per heavy atom. The second-order valence-electron chi connectivity index (χ2n) is 5.64. The molecule has 4 nitrogen and oxygen atoms in total. The Bertz CT molecular complexity index is 963. The van der Waals surface area contributed by atoms with E-state index in [9.17, 15) is 9.59 Å². The molecule has 0 saturated carbocycles. The number of carbonyl (C=O) groups excluding carboxylic acids is 2. The molecule has 1 aliphatic rings. The number of hydrogen-bond acceptors (Lipinski definition) is 2. The minimum absolute atomic E-state index is 0.0166. The van der Waals surface area contributed by atoms with Crippen molar-refractivity contribution in [3.05, 3.63) is 65.4 Å². The van der Waals surface area contributed by atoms with E-state index in [1.54, 1.807) is 18.2 Å². The van der Waals surface area contributed by atoms with Crippen LogP contribution in [-0.2, 0) is 4.79 Å². The number of para-hydroxylation sites is 1. The number of Topliss-reactive ketones (excluding diaryl/α,β-unsaturated/α-hetero) is 1. The van der Waals surface area contributed by atoms with E-state index in [2.05, 4.69) is 10.3 Å². The molecule has 0 bridgehead atoms. The lowest BCUT2D eigenvalue weighted by Gasteiger charge is -2.01. The third-order valence-corrected chi connectivity index (χ3v) is 4.06. The highest BCUT2D eigenvalue weighted by atomic mass is 16.2. The number of benzene rings is 2. The Hall–Kier alpha value is -3.14. The summed E-state index contributed by atoms with van der Waals surface area (Å²) in [5.74, 6) is -0.170. The summed E-state index contributed by atoms with van der Waals surface area (Å²) < 4.78 is 0. The summed E-state index contributed by atoms with van der Waals surface area (Å²) in [5, 5.41) is 3.93.